The molecule has 1 aliphatic heterocycles. The number of nitrogens with zero attached hydrogens (tertiary/aromatic N) is 2. The summed E-state index contributed by atoms with van der Waals surface area (Å²) in [6.07, 6.45) is 8.57. The van der Waals surface area contributed by atoms with E-state index in [-0.39, 0.29) is 0 Å². The van der Waals surface area contributed by atoms with Crippen molar-refractivity contribution >= 4 is 11.6 Å². The molecule has 1 aliphatic carbocycles. The number of aromatic nitrogens is 1. The number of halogens is 1. The van der Waals surface area contributed by atoms with Gasteiger partial charge in [-0.25, -0.2) is 0 Å². The van der Waals surface area contributed by atoms with E-state index in [1.165, 1.54) is 32.1 Å². The topological polar surface area (TPSA) is 28.2 Å². The van der Waals surface area contributed by atoms with Gasteiger partial charge in [-0.3, -0.25) is 9.88 Å². The zero-order chi connectivity index (χ0) is 13.1. The standard InChI is InChI=1S/C15H22ClN3/c16-13-4-7-18-14(10-13)11-19-9-8-17-12-15(19)5-2-1-3-6-15/h4,7,10,17H,1-3,5-6,8-9,11-12H2. The normalized spacial score (nSPS) is 23.6. The highest BCUT2D eigenvalue weighted by molar-refractivity contribution is 6.30. The highest BCUT2D eigenvalue weighted by Gasteiger charge is 2.39. The SMILES string of the molecule is Clc1ccnc(CN2CCNCC23CCCCC3)c1. The number of nitrogens with one attached hydrogen (secondary N) is 1. The van der Waals surface area contributed by atoms with Gasteiger partial charge in [0.2, 0.25) is 0 Å². The van der Waals surface area contributed by atoms with Gasteiger partial charge in [0.25, 0.3) is 0 Å². The van der Waals surface area contributed by atoms with Crippen molar-refractivity contribution in [3.05, 3.63) is 29.0 Å². The molecule has 0 unspecified atom stereocenters. The molecule has 4 heteroatoms. The van der Waals surface area contributed by atoms with Gasteiger partial charge in [-0.15, -0.1) is 0 Å². The van der Waals surface area contributed by atoms with Crippen molar-refractivity contribution in [2.24, 2.45) is 0 Å². The van der Waals surface area contributed by atoms with Crippen molar-refractivity contribution in [3.63, 3.8) is 0 Å². The maximum atomic E-state index is 6.07. The Kier molecular flexibility index (Phi) is 4.06. The number of hydrogen-bond donors (Lipinski definition) is 1. The molecule has 1 aromatic heterocycles. The predicted octanol–water partition coefficient (Wildman–Crippen LogP) is 2.84. The molecule has 1 saturated heterocycles. The summed E-state index contributed by atoms with van der Waals surface area (Å²) in [4.78, 5) is 7.11. The van der Waals surface area contributed by atoms with E-state index in [4.69, 9.17) is 11.6 Å². The second-order valence-electron chi connectivity index (χ2n) is 5.85. The summed E-state index contributed by atoms with van der Waals surface area (Å²) in [5.41, 5.74) is 1.46. The van der Waals surface area contributed by atoms with E-state index in [1.54, 1.807) is 0 Å². The Bertz CT molecular complexity index is 421. The zero-order valence-corrected chi connectivity index (χ0v) is 12.1. The lowest BCUT2D eigenvalue weighted by molar-refractivity contribution is 0.0199. The average Bonchev–Trinajstić information content (AvgIpc) is 2.43. The molecular weight excluding hydrogens is 258 g/mol. The Morgan fingerprint density at radius 3 is 2.95 bits per heavy atom. The first-order chi connectivity index (χ1) is 9.28. The molecule has 1 spiro atoms. The van der Waals surface area contributed by atoms with Crippen molar-refractivity contribution in [1.29, 1.82) is 0 Å². The van der Waals surface area contributed by atoms with Crippen LogP contribution in [0.3, 0.4) is 0 Å². The fourth-order valence-corrected chi connectivity index (χ4v) is 3.75. The molecule has 19 heavy (non-hydrogen) atoms. The average molecular weight is 280 g/mol. The Balaban J connectivity index is 1.77. The second-order valence-corrected chi connectivity index (χ2v) is 6.29. The van der Waals surface area contributed by atoms with Gasteiger partial charge in [0, 0.05) is 42.9 Å². The minimum Gasteiger partial charge on any atom is -0.314 e. The van der Waals surface area contributed by atoms with Crippen LogP contribution in [0.15, 0.2) is 18.3 Å². The fourth-order valence-electron chi connectivity index (χ4n) is 3.56. The molecule has 2 fully saturated rings. The number of piperazine rings is 1. The largest absolute Gasteiger partial charge is 0.314 e. The van der Waals surface area contributed by atoms with Gasteiger partial charge in [0.15, 0.2) is 0 Å². The Hall–Kier alpha value is -0.640. The monoisotopic (exact) mass is 279 g/mol. The summed E-state index contributed by atoms with van der Waals surface area (Å²) in [6, 6.07) is 3.85. The van der Waals surface area contributed by atoms with Crippen LogP contribution in [0.2, 0.25) is 5.02 Å². The van der Waals surface area contributed by atoms with Gasteiger partial charge in [0.05, 0.1) is 5.69 Å². The van der Waals surface area contributed by atoms with E-state index in [2.05, 4.69) is 15.2 Å². The van der Waals surface area contributed by atoms with Gasteiger partial charge in [-0.2, -0.15) is 0 Å². The van der Waals surface area contributed by atoms with Gasteiger partial charge < -0.3 is 5.32 Å². The van der Waals surface area contributed by atoms with Crippen molar-refractivity contribution < 1.29 is 0 Å². The molecular formula is C15H22ClN3. The first-order valence-corrected chi connectivity index (χ1v) is 7.73. The number of hydrogen-bond acceptors (Lipinski definition) is 3. The zero-order valence-electron chi connectivity index (χ0n) is 11.4. The van der Waals surface area contributed by atoms with Crippen molar-refractivity contribution in [1.82, 2.24) is 15.2 Å². The van der Waals surface area contributed by atoms with Crippen LogP contribution in [-0.4, -0.2) is 35.1 Å². The molecule has 0 aromatic carbocycles. The van der Waals surface area contributed by atoms with E-state index >= 15 is 0 Å². The Morgan fingerprint density at radius 2 is 2.16 bits per heavy atom. The van der Waals surface area contributed by atoms with Crippen LogP contribution in [-0.2, 0) is 6.54 Å². The molecule has 2 aliphatic rings. The van der Waals surface area contributed by atoms with Crippen molar-refractivity contribution in [2.45, 2.75) is 44.2 Å². The molecule has 104 valence electrons. The first kappa shape index (κ1) is 13.3. The quantitative estimate of drug-likeness (QED) is 0.902. The molecule has 2 heterocycles. The van der Waals surface area contributed by atoms with Gasteiger partial charge in [-0.1, -0.05) is 30.9 Å². The van der Waals surface area contributed by atoms with Crippen LogP contribution in [0.4, 0.5) is 0 Å². The smallest absolute Gasteiger partial charge is 0.0558 e. The minimum atomic E-state index is 0.362. The van der Waals surface area contributed by atoms with E-state index in [1.807, 2.05) is 18.3 Å². The highest BCUT2D eigenvalue weighted by Crippen LogP contribution is 2.35. The van der Waals surface area contributed by atoms with Crippen LogP contribution in [0.25, 0.3) is 0 Å². The van der Waals surface area contributed by atoms with Crippen LogP contribution in [0, 0.1) is 0 Å². The third-order valence-electron chi connectivity index (χ3n) is 4.60. The maximum absolute atomic E-state index is 6.07. The summed E-state index contributed by atoms with van der Waals surface area (Å²) >= 11 is 6.07. The van der Waals surface area contributed by atoms with Gasteiger partial charge >= 0.3 is 0 Å². The summed E-state index contributed by atoms with van der Waals surface area (Å²) in [6.45, 7) is 4.27. The maximum Gasteiger partial charge on any atom is 0.0558 e. The molecule has 0 atom stereocenters. The highest BCUT2D eigenvalue weighted by atomic mass is 35.5. The molecule has 1 aromatic rings. The van der Waals surface area contributed by atoms with E-state index in [0.29, 0.717) is 5.54 Å². The summed E-state index contributed by atoms with van der Waals surface area (Å²) in [5, 5.41) is 4.37. The Morgan fingerprint density at radius 1 is 1.32 bits per heavy atom. The van der Waals surface area contributed by atoms with Crippen LogP contribution >= 0.6 is 11.6 Å². The summed E-state index contributed by atoms with van der Waals surface area (Å²) < 4.78 is 0. The molecule has 0 amide bonds. The predicted molar refractivity (Wildman–Crippen MR) is 78.3 cm³/mol. The van der Waals surface area contributed by atoms with E-state index in [9.17, 15) is 0 Å². The molecule has 3 nitrogen and oxygen atoms in total. The van der Waals surface area contributed by atoms with Crippen molar-refractivity contribution in [3.8, 4) is 0 Å². The van der Waals surface area contributed by atoms with Crippen LogP contribution in [0.1, 0.15) is 37.8 Å². The third-order valence-corrected chi connectivity index (χ3v) is 4.83. The van der Waals surface area contributed by atoms with Crippen LogP contribution < -0.4 is 5.32 Å². The van der Waals surface area contributed by atoms with Gasteiger partial charge in [-0.05, 0) is 25.0 Å². The molecule has 3 rings (SSSR count). The number of pyridine rings is 1. The van der Waals surface area contributed by atoms with E-state index in [0.717, 1.165) is 36.9 Å². The molecule has 0 radical (unpaired) electrons. The minimum absolute atomic E-state index is 0.362. The summed E-state index contributed by atoms with van der Waals surface area (Å²) in [5.74, 6) is 0. The lowest BCUT2D eigenvalue weighted by Gasteiger charge is -2.49. The van der Waals surface area contributed by atoms with Crippen molar-refractivity contribution in [2.75, 3.05) is 19.6 Å². The summed E-state index contributed by atoms with van der Waals surface area (Å²) in [7, 11) is 0. The van der Waals surface area contributed by atoms with Crippen LogP contribution in [0.5, 0.6) is 0 Å². The lowest BCUT2D eigenvalue weighted by Crippen LogP contribution is -2.61. The molecule has 1 N–H and O–H groups in total. The molecule has 1 saturated carbocycles. The third kappa shape index (κ3) is 2.93. The second kappa shape index (κ2) is 5.78. The van der Waals surface area contributed by atoms with Gasteiger partial charge in [0.1, 0.15) is 0 Å². The Labute approximate surface area is 120 Å². The lowest BCUT2D eigenvalue weighted by atomic mass is 9.79. The first-order valence-electron chi connectivity index (χ1n) is 7.35. The molecule has 0 bridgehead atoms. The fraction of sp³-hybridized carbons (Fsp3) is 0.667. The number of rotatable bonds is 2. The van der Waals surface area contributed by atoms with E-state index < -0.39 is 0 Å².